The summed E-state index contributed by atoms with van der Waals surface area (Å²) < 4.78 is 8.23. The Kier molecular flexibility index (Phi) is 14.6. The van der Waals surface area contributed by atoms with Gasteiger partial charge in [-0.05, 0) is 38.7 Å². The summed E-state index contributed by atoms with van der Waals surface area (Å²) in [6.45, 7) is 23.0. The number of carbonyl (C=O) groups is 1. The van der Waals surface area contributed by atoms with Crippen molar-refractivity contribution >= 4 is 67.1 Å². The van der Waals surface area contributed by atoms with Crippen molar-refractivity contribution in [3.63, 3.8) is 0 Å². The summed E-state index contributed by atoms with van der Waals surface area (Å²) in [5, 5.41) is 15.8. The Morgan fingerprint density at radius 3 is 2.07 bits per heavy atom. The molecule has 7 aromatic rings. The summed E-state index contributed by atoms with van der Waals surface area (Å²) >= 11 is -2.16. The summed E-state index contributed by atoms with van der Waals surface area (Å²) in [7, 11) is 0. The average molecular weight is 1060 g/mol. The van der Waals surface area contributed by atoms with Gasteiger partial charge in [-0.1, -0.05) is 47.6 Å². The maximum Gasteiger partial charge on any atom is 0.0349 e. The van der Waals surface area contributed by atoms with Crippen molar-refractivity contribution in [2.24, 2.45) is 10.8 Å². The molecule has 8 heteroatoms. The van der Waals surface area contributed by atoms with Gasteiger partial charge in [-0.15, -0.1) is 0 Å². The van der Waals surface area contributed by atoms with E-state index < -0.39 is 13.3 Å². The molecule has 6 nitrogen and oxygen atoms in total. The minimum Gasteiger partial charge on any atom is -0.261 e. The number of aromatic nitrogens is 3. The van der Waals surface area contributed by atoms with Crippen LogP contribution in [0.15, 0.2) is 83.1 Å². The monoisotopic (exact) mass is 1060 g/mol. The van der Waals surface area contributed by atoms with Gasteiger partial charge in [-0.3, -0.25) is 9.78 Å². The standard InChI is InChI=1S/C38H36GeN3O.C15H28O2.Ir/c1-21(2)38-41-35(30-17-15-26-18-22(3)34(39(6,7)8)24(5)33(26)36(30)42-38)31-11-9-10-29-28-16-14-25(19-32(28)43-37(29)31)27-13-12-23(4)40-20-27;1-7-14(5,8-2)12(16)11-13(17)15(6,9-3)10-4;/h9-10,12-21H,1-8H3;11,16H,7-10H2,1-6H3;/q-1;;/b;12-11-;. The summed E-state index contributed by atoms with van der Waals surface area (Å²) in [5.74, 6) is 8.72. The Morgan fingerprint density at radius 1 is 0.836 bits per heavy atom. The van der Waals surface area contributed by atoms with Crippen LogP contribution in [0.3, 0.4) is 0 Å². The Balaban J connectivity index is 0.000000334. The second-order valence-corrected chi connectivity index (χ2v) is 29.1. The molecule has 1 N–H and O–H groups in total. The summed E-state index contributed by atoms with van der Waals surface area (Å²) in [6.07, 6.45) is 6.67. The maximum atomic E-state index is 12.2. The van der Waals surface area contributed by atoms with Crippen LogP contribution in [-0.2, 0) is 24.9 Å². The third-order valence-electron chi connectivity index (χ3n) is 13.2. The van der Waals surface area contributed by atoms with Crippen LogP contribution in [0.4, 0.5) is 0 Å². The first-order valence-corrected chi connectivity index (χ1v) is 29.2. The number of rotatable bonds is 11. The van der Waals surface area contributed by atoms with Crippen molar-refractivity contribution in [1.29, 1.82) is 0 Å². The predicted octanol–water partition coefficient (Wildman–Crippen LogP) is 14.5. The third-order valence-corrected chi connectivity index (χ3v) is 18.0. The number of aliphatic hydroxyl groups excluding tert-OH is 1. The van der Waals surface area contributed by atoms with Crippen LogP contribution in [0.2, 0.25) is 17.3 Å². The number of allylic oxidation sites excluding steroid dienone is 2. The Bertz CT molecular complexity index is 2750. The summed E-state index contributed by atoms with van der Waals surface area (Å²) in [5.41, 5.74) is 9.74. The molecule has 0 aliphatic carbocycles. The van der Waals surface area contributed by atoms with Crippen LogP contribution >= 0.6 is 0 Å². The molecule has 1 radical (unpaired) electrons. The number of hydrogen-bond donors (Lipinski definition) is 1. The number of hydrogen-bond acceptors (Lipinski definition) is 6. The molecule has 0 amide bonds. The fourth-order valence-electron chi connectivity index (χ4n) is 8.49. The van der Waals surface area contributed by atoms with Crippen LogP contribution in [0.5, 0.6) is 0 Å². The predicted molar refractivity (Wildman–Crippen MR) is 256 cm³/mol. The number of pyridine rings is 1. The van der Waals surface area contributed by atoms with Crippen molar-refractivity contribution in [2.75, 3.05) is 0 Å². The number of fused-ring (bicyclic) bond motifs is 6. The second-order valence-electron chi connectivity index (χ2n) is 18.6. The van der Waals surface area contributed by atoms with Gasteiger partial charge in [0.05, 0.1) is 0 Å². The molecule has 0 bridgehead atoms. The van der Waals surface area contributed by atoms with E-state index in [9.17, 15) is 9.90 Å². The van der Waals surface area contributed by atoms with E-state index in [4.69, 9.17) is 14.4 Å². The zero-order valence-corrected chi connectivity index (χ0v) is 43.3. The van der Waals surface area contributed by atoms with E-state index in [2.05, 4.69) is 105 Å². The van der Waals surface area contributed by atoms with Crippen molar-refractivity contribution < 1.29 is 34.4 Å². The van der Waals surface area contributed by atoms with Gasteiger partial charge in [0.1, 0.15) is 5.76 Å². The van der Waals surface area contributed by atoms with E-state index in [1.807, 2.05) is 66.8 Å². The van der Waals surface area contributed by atoms with Gasteiger partial charge in [0.2, 0.25) is 0 Å². The van der Waals surface area contributed by atoms with E-state index in [0.29, 0.717) is 0 Å². The molecule has 0 saturated carbocycles. The number of carbonyl (C=O) groups excluding carboxylic acids is 1. The molecule has 0 aliphatic heterocycles. The Hall–Kier alpha value is -4.17. The van der Waals surface area contributed by atoms with E-state index in [1.165, 1.54) is 28.0 Å². The largest absolute Gasteiger partial charge is 0.261 e. The van der Waals surface area contributed by atoms with E-state index in [-0.39, 0.29) is 48.4 Å². The Labute approximate surface area is 379 Å². The van der Waals surface area contributed by atoms with Crippen LogP contribution in [-0.4, -0.2) is 39.1 Å². The molecular formula is C53H64GeIrN3O3-. The quantitative estimate of drug-likeness (QED) is 0.0456. The smallest absolute Gasteiger partial charge is 0.0349 e. The van der Waals surface area contributed by atoms with Crippen LogP contribution in [0.25, 0.3) is 66.0 Å². The van der Waals surface area contributed by atoms with Gasteiger partial charge >= 0.3 is 215 Å². The molecule has 323 valence electrons. The van der Waals surface area contributed by atoms with E-state index >= 15 is 0 Å². The normalized spacial score (nSPS) is 12.6. The van der Waals surface area contributed by atoms with Gasteiger partial charge in [0, 0.05) is 54.5 Å². The first-order valence-electron chi connectivity index (χ1n) is 21.8. The molecule has 3 heterocycles. The zero-order valence-electron chi connectivity index (χ0n) is 38.8. The number of aryl methyl sites for hydroxylation is 3. The SMILES string of the molecule is CCC(C)(CC)C(=O)/C=C(\O)C(C)(CC)CC.Cc1ccc(-c2ccc3c(c2)oc2c(-c4nc(C(C)C)nc5c4ccc4cc(C)[c]([Ge]([CH3])([CH3])[CH3])c(C)c45)[c-]ccc23)cn1.[Ir]. The van der Waals surface area contributed by atoms with Crippen molar-refractivity contribution in [3.8, 4) is 22.4 Å². The second kappa shape index (κ2) is 18.7. The summed E-state index contributed by atoms with van der Waals surface area (Å²) in [4.78, 5) is 27.1. The van der Waals surface area contributed by atoms with E-state index in [0.717, 1.165) is 92.4 Å². The minimum atomic E-state index is -2.16. The fraction of sp³-hybridized carbons (Fsp3) is 0.396. The van der Waals surface area contributed by atoms with Gasteiger partial charge < -0.3 is 5.11 Å². The molecule has 0 unspecified atom stereocenters. The first kappa shape index (κ1) is 47.9. The number of aliphatic hydroxyl groups is 1. The van der Waals surface area contributed by atoms with Crippen LogP contribution in [0.1, 0.15) is 110 Å². The number of ketones is 1. The molecule has 0 atom stereocenters. The van der Waals surface area contributed by atoms with Gasteiger partial charge in [-0.25, -0.2) is 0 Å². The molecule has 0 saturated heterocycles. The fourth-order valence-corrected chi connectivity index (χ4v) is 13.7. The molecular weight excluding hydrogens is 991 g/mol. The molecule has 7 rings (SSSR count). The third kappa shape index (κ3) is 9.31. The van der Waals surface area contributed by atoms with Crippen LogP contribution in [0, 0.1) is 37.7 Å². The van der Waals surface area contributed by atoms with Gasteiger partial charge in [0.25, 0.3) is 0 Å². The van der Waals surface area contributed by atoms with Crippen molar-refractivity contribution in [3.05, 3.63) is 107 Å². The topological polar surface area (TPSA) is 89.1 Å². The van der Waals surface area contributed by atoms with E-state index in [1.54, 1.807) is 4.40 Å². The zero-order chi connectivity index (χ0) is 43.9. The van der Waals surface area contributed by atoms with Crippen molar-refractivity contribution in [1.82, 2.24) is 15.0 Å². The summed E-state index contributed by atoms with van der Waals surface area (Å²) in [6, 6.07) is 24.9. The molecule has 0 spiro atoms. The molecule has 3 aromatic heterocycles. The van der Waals surface area contributed by atoms with Gasteiger partial charge in [0.15, 0.2) is 5.78 Å². The molecule has 61 heavy (non-hydrogen) atoms. The average Bonchev–Trinajstić information content (AvgIpc) is 3.60. The minimum absolute atomic E-state index is 0. The number of benzene rings is 4. The molecule has 4 aromatic carbocycles. The number of nitrogens with zero attached hydrogens (tertiary/aromatic N) is 3. The van der Waals surface area contributed by atoms with Crippen molar-refractivity contribution in [2.45, 2.75) is 125 Å². The van der Waals surface area contributed by atoms with Gasteiger partial charge in [-0.2, -0.15) is 0 Å². The van der Waals surface area contributed by atoms with Crippen LogP contribution < -0.4 is 4.40 Å². The Morgan fingerprint density at radius 2 is 1.48 bits per heavy atom. The molecule has 0 fully saturated rings. The maximum absolute atomic E-state index is 12.2. The molecule has 0 aliphatic rings. The first-order chi connectivity index (χ1) is 28.3. The number of furan rings is 1.